The van der Waals surface area contributed by atoms with Crippen LogP contribution in [0.25, 0.3) is 0 Å². The first-order chi connectivity index (χ1) is 11.7. The van der Waals surface area contributed by atoms with Crippen LogP contribution in [0.1, 0.15) is 16.7 Å². The second-order valence-corrected chi connectivity index (χ2v) is 5.41. The molecule has 1 amide bonds. The van der Waals surface area contributed by atoms with Crippen LogP contribution in [0.15, 0.2) is 60.6 Å². The van der Waals surface area contributed by atoms with E-state index in [1.165, 1.54) is 17.3 Å². The molecule has 0 aliphatic carbocycles. The van der Waals surface area contributed by atoms with Crippen LogP contribution in [-0.2, 0) is 17.8 Å². The molecule has 1 aromatic carbocycles. The summed E-state index contributed by atoms with van der Waals surface area (Å²) in [5.41, 5.74) is 3.38. The zero-order valence-electron chi connectivity index (χ0n) is 13.6. The number of aromatic nitrogens is 1. The van der Waals surface area contributed by atoms with Crippen molar-refractivity contribution in [2.24, 2.45) is 0 Å². The van der Waals surface area contributed by atoms with Crippen molar-refractivity contribution in [3.05, 3.63) is 77.3 Å². The van der Waals surface area contributed by atoms with Gasteiger partial charge in [0, 0.05) is 31.7 Å². The molecule has 0 bridgehead atoms. The first-order valence-electron chi connectivity index (χ1n) is 7.75. The van der Waals surface area contributed by atoms with E-state index in [1.54, 1.807) is 18.5 Å². The van der Waals surface area contributed by atoms with Crippen molar-refractivity contribution in [1.82, 2.24) is 15.6 Å². The lowest BCUT2D eigenvalue weighted by atomic mass is 10.1. The Balaban J connectivity index is 1.80. The highest BCUT2D eigenvalue weighted by Crippen LogP contribution is 2.04. The fraction of sp³-hybridized carbons (Fsp3) is 0.211. The molecule has 5 heteroatoms. The smallest absolute Gasteiger partial charge is 0.263 e. The Labute approximate surface area is 142 Å². The predicted molar refractivity (Wildman–Crippen MR) is 92.7 cm³/mol. The summed E-state index contributed by atoms with van der Waals surface area (Å²) in [6.07, 6.45) is 5.64. The van der Waals surface area contributed by atoms with Crippen LogP contribution in [-0.4, -0.2) is 17.4 Å². The molecular formula is C19H20N4O. The van der Waals surface area contributed by atoms with Crippen molar-refractivity contribution < 1.29 is 4.79 Å². The molecule has 0 unspecified atom stereocenters. The first-order valence-corrected chi connectivity index (χ1v) is 7.75. The van der Waals surface area contributed by atoms with Gasteiger partial charge in [-0.25, -0.2) is 0 Å². The lowest BCUT2D eigenvalue weighted by molar-refractivity contribution is -0.117. The van der Waals surface area contributed by atoms with E-state index in [0.717, 1.165) is 12.0 Å². The molecule has 1 heterocycles. The van der Waals surface area contributed by atoms with E-state index in [-0.39, 0.29) is 5.57 Å². The number of carbonyl (C=O) groups excluding carboxylic acids is 1. The molecule has 1 aromatic heterocycles. The number of nitriles is 1. The van der Waals surface area contributed by atoms with Gasteiger partial charge in [-0.15, -0.1) is 0 Å². The summed E-state index contributed by atoms with van der Waals surface area (Å²) < 4.78 is 0. The molecule has 0 aliphatic rings. The minimum absolute atomic E-state index is 0.0585. The van der Waals surface area contributed by atoms with Gasteiger partial charge in [0.25, 0.3) is 5.91 Å². The van der Waals surface area contributed by atoms with Crippen molar-refractivity contribution in [1.29, 1.82) is 5.26 Å². The topological polar surface area (TPSA) is 77.8 Å². The highest BCUT2D eigenvalue weighted by Gasteiger charge is 2.08. The summed E-state index contributed by atoms with van der Waals surface area (Å²) in [6.45, 7) is 3.05. The molecule has 0 atom stereocenters. The van der Waals surface area contributed by atoms with Crippen LogP contribution >= 0.6 is 0 Å². The lowest BCUT2D eigenvalue weighted by Crippen LogP contribution is -2.25. The second-order valence-electron chi connectivity index (χ2n) is 5.41. The van der Waals surface area contributed by atoms with E-state index in [0.29, 0.717) is 13.1 Å². The number of amides is 1. The highest BCUT2D eigenvalue weighted by molar-refractivity contribution is 5.97. The molecule has 0 aliphatic heterocycles. The maximum atomic E-state index is 12.0. The van der Waals surface area contributed by atoms with Gasteiger partial charge in [-0.1, -0.05) is 35.9 Å². The molecular weight excluding hydrogens is 300 g/mol. The Bertz CT molecular complexity index is 747. The molecule has 0 fully saturated rings. The molecule has 0 saturated heterocycles. The molecule has 122 valence electrons. The minimum atomic E-state index is -0.399. The number of aryl methyl sites for hydroxylation is 1. The third-order valence-electron chi connectivity index (χ3n) is 3.43. The van der Waals surface area contributed by atoms with E-state index in [9.17, 15) is 4.79 Å². The lowest BCUT2D eigenvalue weighted by Gasteiger charge is -2.06. The number of pyridine rings is 1. The monoisotopic (exact) mass is 320 g/mol. The molecule has 24 heavy (non-hydrogen) atoms. The number of carbonyl (C=O) groups is 1. The normalized spacial score (nSPS) is 10.8. The molecule has 5 nitrogen and oxygen atoms in total. The van der Waals surface area contributed by atoms with E-state index >= 15 is 0 Å². The van der Waals surface area contributed by atoms with Crippen molar-refractivity contribution in [2.75, 3.05) is 6.54 Å². The van der Waals surface area contributed by atoms with Crippen LogP contribution < -0.4 is 10.6 Å². The maximum Gasteiger partial charge on any atom is 0.263 e. The molecule has 0 saturated carbocycles. The maximum absolute atomic E-state index is 12.0. The van der Waals surface area contributed by atoms with E-state index < -0.39 is 5.91 Å². The van der Waals surface area contributed by atoms with Gasteiger partial charge in [0.15, 0.2) is 0 Å². The largest absolute Gasteiger partial charge is 0.389 e. The Hall–Kier alpha value is -3.13. The minimum Gasteiger partial charge on any atom is -0.389 e. The summed E-state index contributed by atoms with van der Waals surface area (Å²) in [5, 5.41) is 14.8. The van der Waals surface area contributed by atoms with Gasteiger partial charge in [-0.05, 0) is 30.5 Å². The van der Waals surface area contributed by atoms with E-state index in [4.69, 9.17) is 5.26 Å². The molecule has 2 rings (SSSR count). The van der Waals surface area contributed by atoms with Crippen LogP contribution in [0.4, 0.5) is 0 Å². The zero-order valence-corrected chi connectivity index (χ0v) is 13.6. The zero-order chi connectivity index (χ0) is 17.2. The van der Waals surface area contributed by atoms with Crippen LogP contribution in [0, 0.1) is 18.3 Å². The Morgan fingerprint density at radius 2 is 2.12 bits per heavy atom. The summed E-state index contributed by atoms with van der Waals surface area (Å²) in [7, 11) is 0. The summed E-state index contributed by atoms with van der Waals surface area (Å²) >= 11 is 0. The van der Waals surface area contributed by atoms with Crippen molar-refractivity contribution >= 4 is 5.91 Å². The average molecular weight is 320 g/mol. The van der Waals surface area contributed by atoms with Crippen LogP contribution in [0.5, 0.6) is 0 Å². The average Bonchev–Trinajstić information content (AvgIpc) is 2.61. The number of nitrogens with one attached hydrogen (secondary N) is 2. The highest BCUT2D eigenvalue weighted by atomic mass is 16.1. The van der Waals surface area contributed by atoms with E-state index in [2.05, 4.69) is 40.7 Å². The predicted octanol–water partition coefficient (Wildman–Crippen LogP) is 2.25. The van der Waals surface area contributed by atoms with Crippen LogP contribution in [0.3, 0.4) is 0 Å². The van der Waals surface area contributed by atoms with Crippen molar-refractivity contribution in [3.63, 3.8) is 0 Å². The third-order valence-corrected chi connectivity index (χ3v) is 3.43. The molecule has 0 radical (unpaired) electrons. The standard InChI is InChI=1S/C19H20N4O/c1-15-4-2-5-16(10-15)7-9-22-14-18(11-20)19(24)23-13-17-6-3-8-21-12-17/h2-6,8,10,12,14,22H,7,9,13H2,1H3,(H,23,24)/b18-14-. The summed E-state index contributed by atoms with van der Waals surface area (Å²) in [4.78, 5) is 16.0. The number of rotatable bonds is 7. The number of nitrogens with zero attached hydrogens (tertiary/aromatic N) is 2. The van der Waals surface area contributed by atoms with Gasteiger partial charge >= 0.3 is 0 Å². The molecule has 2 N–H and O–H groups in total. The third kappa shape index (κ3) is 5.58. The van der Waals surface area contributed by atoms with Gasteiger partial charge in [0.2, 0.25) is 0 Å². The van der Waals surface area contributed by atoms with Crippen molar-refractivity contribution in [2.45, 2.75) is 19.9 Å². The second kappa shape index (κ2) is 9.11. The van der Waals surface area contributed by atoms with E-state index in [1.807, 2.05) is 18.2 Å². The summed E-state index contributed by atoms with van der Waals surface area (Å²) in [5.74, 6) is -0.399. The quantitative estimate of drug-likeness (QED) is 0.466. The first kappa shape index (κ1) is 17.2. The number of benzene rings is 1. The molecule has 0 spiro atoms. The fourth-order valence-corrected chi connectivity index (χ4v) is 2.19. The Kier molecular flexibility index (Phi) is 6.54. The SMILES string of the molecule is Cc1cccc(CCN/C=C(/C#N)C(=O)NCc2cccnc2)c1. The summed E-state index contributed by atoms with van der Waals surface area (Å²) in [6, 6.07) is 13.8. The number of hydrogen-bond donors (Lipinski definition) is 2. The number of hydrogen-bond acceptors (Lipinski definition) is 4. The van der Waals surface area contributed by atoms with Crippen LogP contribution in [0.2, 0.25) is 0 Å². The van der Waals surface area contributed by atoms with Crippen molar-refractivity contribution in [3.8, 4) is 6.07 Å². The van der Waals surface area contributed by atoms with Gasteiger partial charge in [-0.2, -0.15) is 5.26 Å². The Morgan fingerprint density at radius 1 is 1.29 bits per heavy atom. The van der Waals surface area contributed by atoms with Gasteiger partial charge in [-0.3, -0.25) is 9.78 Å². The van der Waals surface area contributed by atoms with Gasteiger partial charge < -0.3 is 10.6 Å². The van der Waals surface area contributed by atoms with Gasteiger partial charge in [0.05, 0.1) is 0 Å². The fourth-order valence-electron chi connectivity index (χ4n) is 2.19. The molecule has 2 aromatic rings. The Morgan fingerprint density at radius 3 is 2.83 bits per heavy atom. The van der Waals surface area contributed by atoms with Gasteiger partial charge in [0.1, 0.15) is 11.6 Å².